The Balaban J connectivity index is 2.16. The number of hydrogen-bond acceptors (Lipinski definition) is 6. The number of nitrogens with zero attached hydrogens (tertiary/aromatic N) is 2. The van der Waals surface area contributed by atoms with Gasteiger partial charge in [0.2, 0.25) is 5.88 Å². The number of thiazole rings is 1. The Kier molecular flexibility index (Phi) is 2.95. The van der Waals surface area contributed by atoms with E-state index < -0.39 is 4.92 Å². The Morgan fingerprint density at radius 2 is 2.24 bits per heavy atom. The third-order valence-corrected chi connectivity index (χ3v) is 3.91. The van der Waals surface area contributed by atoms with Crippen molar-refractivity contribution in [3.8, 4) is 5.88 Å². The number of benzene rings is 1. The van der Waals surface area contributed by atoms with E-state index in [4.69, 9.17) is 0 Å². The lowest BCUT2D eigenvalue weighted by Crippen LogP contribution is -1.92. The number of rotatable bonds is 2. The van der Waals surface area contributed by atoms with Gasteiger partial charge in [0, 0.05) is 29.0 Å². The quantitative estimate of drug-likeness (QED) is 0.656. The highest BCUT2D eigenvalue weighted by Crippen LogP contribution is 2.38. The first-order valence-corrected chi connectivity index (χ1v) is 6.75. The summed E-state index contributed by atoms with van der Waals surface area (Å²) >= 11 is 0.862. The molecule has 1 aromatic heterocycles. The van der Waals surface area contributed by atoms with E-state index >= 15 is 0 Å². The Hall–Kier alpha value is -2.74. The largest absolute Gasteiger partial charge is 0.493 e. The maximum atomic E-state index is 11.2. The Morgan fingerprint density at radius 1 is 1.48 bits per heavy atom. The van der Waals surface area contributed by atoms with Crippen molar-refractivity contribution < 1.29 is 10.0 Å². The Morgan fingerprint density at radius 3 is 2.86 bits per heavy atom. The van der Waals surface area contributed by atoms with Crippen LogP contribution in [0.1, 0.15) is 17.4 Å². The van der Waals surface area contributed by atoms with Crippen LogP contribution in [0.4, 0.5) is 11.4 Å². The molecule has 21 heavy (non-hydrogen) atoms. The first-order chi connectivity index (χ1) is 9.95. The van der Waals surface area contributed by atoms with E-state index in [1.165, 1.54) is 12.1 Å². The summed E-state index contributed by atoms with van der Waals surface area (Å²) < 4.78 is 0. The summed E-state index contributed by atoms with van der Waals surface area (Å²) in [6.45, 7) is 1.77. The summed E-state index contributed by atoms with van der Waals surface area (Å²) in [4.78, 5) is 28.2. The van der Waals surface area contributed by atoms with Crippen molar-refractivity contribution in [3.63, 3.8) is 0 Å². The topological polar surface area (TPSA) is 109 Å². The molecule has 1 aliphatic heterocycles. The first-order valence-electron chi connectivity index (χ1n) is 5.94. The number of nitrogens with one attached hydrogen (secondary N) is 1. The Bertz CT molecular complexity index is 876. The molecule has 0 aliphatic carbocycles. The van der Waals surface area contributed by atoms with Gasteiger partial charge in [0.1, 0.15) is 0 Å². The van der Waals surface area contributed by atoms with Gasteiger partial charge in [-0.25, -0.2) is 0 Å². The van der Waals surface area contributed by atoms with Crippen LogP contribution in [-0.2, 0) is 0 Å². The van der Waals surface area contributed by atoms with Gasteiger partial charge in [-0.1, -0.05) is 11.3 Å². The van der Waals surface area contributed by atoms with E-state index in [0.29, 0.717) is 27.4 Å². The predicted octanol–water partition coefficient (Wildman–Crippen LogP) is 2.70. The van der Waals surface area contributed by atoms with Crippen LogP contribution in [-0.4, -0.2) is 20.7 Å². The molecular formula is C13H9N3O4S. The third kappa shape index (κ3) is 2.25. The average molecular weight is 303 g/mol. The molecule has 0 unspecified atom stereocenters. The summed E-state index contributed by atoms with van der Waals surface area (Å²) in [6.07, 6.45) is 1.60. The number of aromatic amines is 1. The highest BCUT2D eigenvalue weighted by molar-refractivity contribution is 7.10. The minimum atomic E-state index is -0.475. The highest BCUT2D eigenvalue weighted by Gasteiger charge is 2.21. The van der Waals surface area contributed by atoms with Crippen LogP contribution < -0.4 is 4.87 Å². The van der Waals surface area contributed by atoms with Crippen molar-refractivity contribution in [2.75, 3.05) is 0 Å². The molecule has 0 atom stereocenters. The maximum Gasteiger partial charge on any atom is 0.307 e. The standard InChI is InChI=1S/C13H9N3O4S/c1-6-8(5-11-12(17)15-13(18)21-11)9-4-7(16(19)20)2-3-10(9)14-6/h2-5,17H,1H3,(H,15,18)/b8-5+. The summed E-state index contributed by atoms with van der Waals surface area (Å²) in [5.41, 5.74) is 2.54. The van der Waals surface area contributed by atoms with Gasteiger partial charge in [-0.2, -0.15) is 0 Å². The smallest absolute Gasteiger partial charge is 0.307 e. The number of non-ortho nitro benzene ring substituents is 1. The number of nitro benzene ring substituents is 1. The summed E-state index contributed by atoms with van der Waals surface area (Å²) in [7, 11) is 0. The summed E-state index contributed by atoms with van der Waals surface area (Å²) in [5, 5.41) is 20.5. The fraction of sp³-hybridized carbons (Fsp3) is 0.0769. The number of nitro groups is 1. The van der Waals surface area contributed by atoms with Crippen LogP contribution in [0.25, 0.3) is 11.6 Å². The van der Waals surface area contributed by atoms with Gasteiger partial charge in [0.15, 0.2) is 0 Å². The van der Waals surface area contributed by atoms with Gasteiger partial charge in [0.05, 0.1) is 15.5 Å². The zero-order chi connectivity index (χ0) is 15.1. The van der Waals surface area contributed by atoms with Gasteiger partial charge in [0.25, 0.3) is 5.69 Å². The SMILES string of the molecule is CC1=Nc2ccc([N+](=O)[O-])cc2/C1=C/c1sc(=O)[nH]c1O. The molecule has 1 aromatic carbocycles. The third-order valence-electron chi connectivity index (χ3n) is 3.09. The lowest BCUT2D eigenvalue weighted by Gasteiger charge is -2.01. The molecule has 2 aromatic rings. The Labute approximate surface area is 122 Å². The predicted molar refractivity (Wildman–Crippen MR) is 80.3 cm³/mol. The molecular weight excluding hydrogens is 294 g/mol. The van der Waals surface area contributed by atoms with Crippen molar-refractivity contribution in [1.82, 2.24) is 4.98 Å². The van der Waals surface area contributed by atoms with Gasteiger partial charge in [-0.15, -0.1) is 0 Å². The molecule has 0 saturated carbocycles. The number of hydrogen-bond donors (Lipinski definition) is 2. The first kappa shape index (κ1) is 13.3. The van der Waals surface area contributed by atoms with Gasteiger partial charge in [-0.05, 0) is 19.1 Å². The zero-order valence-electron chi connectivity index (χ0n) is 10.8. The lowest BCUT2D eigenvalue weighted by atomic mass is 10.0. The summed E-state index contributed by atoms with van der Waals surface area (Å²) in [6, 6.07) is 4.41. The fourth-order valence-corrected chi connectivity index (χ4v) is 2.80. The second kappa shape index (κ2) is 4.67. The molecule has 2 heterocycles. The number of aromatic nitrogens is 1. The molecule has 2 N–H and O–H groups in total. The van der Waals surface area contributed by atoms with Gasteiger partial charge >= 0.3 is 4.87 Å². The van der Waals surface area contributed by atoms with Crippen molar-refractivity contribution in [3.05, 3.63) is 48.4 Å². The van der Waals surface area contributed by atoms with Crippen LogP contribution in [0.5, 0.6) is 5.88 Å². The van der Waals surface area contributed by atoms with Gasteiger partial charge < -0.3 is 5.11 Å². The van der Waals surface area contributed by atoms with Crippen molar-refractivity contribution in [2.45, 2.75) is 6.92 Å². The maximum absolute atomic E-state index is 11.2. The van der Waals surface area contributed by atoms with Crippen molar-refractivity contribution >= 4 is 40.1 Å². The normalized spacial score (nSPS) is 15.1. The van der Waals surface area contributed by atoms with E-state index in [1.54, 1.807) is 19.1 Å². The molecule has 8 heteroatoms. The lowest BCUT2D eigenvalue weighted by molar-refractivity contribution is -0.384. The second-order valence-electron chi connectivity index (χ2n) is 4.44. The fourth-order valence-electron chi connectivity index (χ4n) is 2.13. The summed E-state index contributed by atoms with van der Waals surface area (Å²) in [5.74, 6) is -0.218. The number of H-pyrrole nitrogens is 1. The number of fused-ring (bicyclic) bond motifs is 1. The molecule has 0 fully saturated rings. The molecule has 0 radical (unpaired) electrons. The molecule has 0 bridgehead atoms. The minimum Gasteiger partial charge on any atom is -0.493 e. The zero-order valence-corrected chi connectivity index (χ0v) is 11.6. The second-order valence-corrected chi connectivity index (χ2v) is 5.46. The molecule has 3 rings (SSSR count). The van der Waals surface area contributed by atoms with Crippen molar-refractivity contribution in [1.29, 1.82) is 0 Å². The van der Waals surface area contributed by atoms with Crippen LogP contribution in [0.2, 0.25) is 0 Å². The molecule has 7 nitrogen and oxygen atoms in total. The average Bonchev–Trinajstić information content (AvgIpc) is 2.90. The molecule has 106 valence electrons. The van der Waals surface area contributed by atoms with E-state index in [0.717, 1.165) is 11.3 Å². The van der Waals surface area contributed by atoms with Crippen LogP contribution in [0.3, 0.4) is 0 Å². The number of aliphatic imine (C=N–C) groups is 1. The number of allylic oxidation sites excluding steroid dienone is 1. The van der Waals surface area contributed by atoms with Crippen LogP contribution in [0, 0.1) is 10.1 Å². The van der Waals surface area contributed by atoms with E-state index in [-0.39, 0.29) is 16.4 Å². The molecule has 0 spiro atoms. The van der Waals surface area contributed by atoms with Gasteiger partial charge in [-0.3, -0.25) is 24.9 Å². The van der Waals surface area contributed by atoms with Crippen LogP contribution in [0.15, 0.2) is 28.0 Å². The molecule has 0 amide bonds. The van der Waals surface area contributed by atoms with E-state index in [1.807, 2.05) is 0 Å². The van der Waals surface area contributed by atoms with E-state index in [9.17, 15) is 20.0 Å². The molecule has 1 aliphatic rings. The molecule has 0 saturated heterocycles. The monoisotopic (exact) mass is 303 g/mol. The number of aromatic hydroxyl groups is 1. The van der Waals surface area contributed by atoms with Crippen LogP contribution >= 0.6 is 11.3 Å². The van der Waals surface area contributed by atoms with E-state index in [2.05, 4.69) is 9.98 Å². The highest BCUT2D eigenvalue weighted by atomic mass is 32.1. The minimum absolute atomic E-state index is 0.0315. The van der Waals surface area contributed by atoms with Crippen molar-refractivity contribution in [2.24, 2.45) is 4.99 Å².